The summed E-state index contributed by atoms with van der Waals surface area (Å²) in [4.78, 5) is 7.96. The molecule has 6 nitrogen and oxygen atoms in total. The second-order valence-corrected chi connectivity index (χ2v) is 7.61. The molecule has 138 valence electrons. The van der Waals surface area contributed by atoms with Gasteiger partial charge in [-0.3, -0.25) is 4.72 Å². The first-order valence-electron chi connectivity index (χ1n) is 7.93. The van der Waals surface area contributed by atoms with Crippen LogP contribution in [0.4, 0.5) is 5.69 Å². The monoisotopic (exact) mass is 401 g/mol. The summed E-state index contributed by atoms with van der Waals surface area (Å²) in [5, 5.41) is 1.70. The van der Waals surface area contributed by atoms with Crippen molar-refractivity contribution in [3.05, 3.63) is 82.5 Å². The summed E-state index contributed by atoms with van der Waals surface area (Å²) in [6, 6.07) is 13.7. The predicted molar refractivity (Wildman–Crippen MR) is 106 cm³/mol. The number of hydrogen-bond donors (Lipinski definition) is 1. The van der Waals surface area contributed by atoms with Crippen LogP contribution in [0.25, 0.3) is 6.08 Å². The summed E-state index contributed by atoms with van der Waals surface area (Å²) in [6.45, 7) is 1.78. The van der Waals surface area contributed by atoms with Crippen LogP contribution >= 0.6 is 11.6 Å². The average molecular weight is 402 g/mol. The zero-order valence-electron chi connectivity index (χ0n) is 14.3. The summed E-state index contributed by atoms with van der Waals surface area (Å²) < 4.78 is 32.7. The summed E-state index contributed by atoms with van der Waals surface area (Å²) in [5.74, 6) is 0.512. The molecule has 0 bridgehead atoms. The minimum atomic E-state index is -3.67. The molecule has 3 rings (SSSR count). The van der Waals surface area contributed by atoms with Gasteiger partial charge in [-0.1, -0.05) is 23.7 Å². The SMILES string of the molecule is Cc1cc(Oc2ncccn2)ccc1NS(=O)(=O)C=Cc1ccc(Cl)cc1. The van der Waals surface area contributed by atoms with E-state index in [0.29, 0.717) is 22.0 Å². The van der Waals surface area contributed by atoms with Crippen LogP contribution in [-0.2, 0) is 10.0 Å². The highest BCUT2D eigenvalue weighted by Gasteiger charge is 2.09. The molecule has 0 aliphatic rings. The zero-order chi connectivity index (χ0) is 19.3. The Morgan fingerprint density at radius 1 is 1.07 bits per heavy atom. The van der Waals surface area contributed by atoms with E-state index in [1.54, 1.807) is 67.8 Å². The third-order valence-corrected chi connectivity index (χ3v) is 4.76. The maximum atomic E-state index is 12.3. The maximum Gasteiger partial charge on any atom is 0.321 e. The topological polar surface area (TPSA) is 81.2 Å². The number of sulfonamides is 1. The normalized spacial score (nSPS) is 11.5. The van der Waals surface area contributed by atoms with Crippen LogP contribution < -0.4 is 9.46 Å². The van der Waals surface area contributed by atoms with Crippen molar-refractivity contribution in [1.82, 2.24) is 9.97 Å². The van der Waals surface area contributed by atoms with Crippen molar-refractivity contribution in [3.63, 3.8) is 0 Å². The van der Waals surface area contributed by atoms with Gasteiger partial charge >= 0.3 is 6.01 Å². The fraction of sp³-hybridized carbons (Fsp3) is 0.0526. The number of hydrogen-bond acceptors (Lipinski definition) is 5. The smallest absolute Gasteiger partial charge is 0.321 e. The highest BCUT2D eigenvalue weighted by molar-refractivity contribution is 7.95. The number of rotatable bonds is 6. The van der Waals surface area contributed by atoms with Crippen molar-refractivity contribution in [3.8, 4) is 11.8 Å². The fourth-order valence-electron chi connectivity index (χ4n) is 2.19. The number of aryl methyl sites for hydroxylation is 1. The molecule has 8 heteroatoms. The summed E-state index contributed by atoms with van der Waals surface area (Å²) >= 11 is 5.82. The molecule has 0 amide bonds. The number of nitrogens with zero attached hydrogens (tertiary/aromatic N) is 2. The number of aromatic nitrogens is 2. The number of nitrogens with one attached hydrogen (secondary N) is 1. The predicted octanol–water partition coefficient (Wildman–Crippen LogP) is 4.64. The van der Waals surface area contributed by atoms with Crippen LogP contribution in [0.1, 0.15) is 11.1 Å². The molecule has 0 spiro atoms. The van der Waals surface area contributed by atoms with Gasteiger partial charge in [0.05, 0.1) is 11.1 Å². The van der Waals surface area contributed by atoms with Crippen molar-refractivity contribution in [2.75, 3.05) is 4.72 Å². The fourth-order valence-corrected chi connectivity index (χ4v) is 3.25. The zero-order valence-corrected chi connectivity index (χ0v) is 15.9. The first kappa shape index (κ1) is 18.9. The summed E-state index contributed by atoms with van der Waals surface area (Å²) in [7, 11) is -3.67. The van der Waals surface area contributed by atoms with Crippen LogP contribution in [-0.4, -0.2) is 18.4 Å². The van der Waals surface area contributed by atoms with Gasteiger partial charge < -0.3 is 4.74 Å². The Hall–Kier alpha value is -2.90. The quantitative estimate of drug-likeness (QED) is 0.650. The van der Waals surface area contributed by atoms with Gasteiger partial charge in [-0.2, -0.15) is 0 Å². The van der Waals surface area contributed by atoms with Gasteiger partial charge in [0.25, 0.3) is 10.0 Å². The molecule has 1 heterocycles. The molecule has 2 aromatic carbocycles. The highest BCUT2D eigenvalue weighted by atomic mass is 35.5. The van der Waals surface area contributed by atoms with Crippen molar-refractivity contribution < 1.29 is 13.2 Å². The van der Waals surface area contributed by atoms with Crippen molar-refractivity contribution >= 4 is 33.4 Å². The van der Waals surface area contributed by atoms with Crippen LogP contribution in [0.2, 0.25) is 5.02 Å². The Balaban J connectivity index is 1.71. The maximum absolute atomic E-state index is 12.3. The van der Waals surface area contributed by atoms with Crippen LogP contribution in [0, 0.1) is 6.92 Å². The highest BCUT2D eigenvalue weighted by Crippen LogP contribution is 2.25. The Morgan fingerprint density at radius 2 is 1.78 bits per heavy atom. The van der Waals surface area contributed by atoms with E-state index in [4.69, 9.17) is 16.3 Å². The molecule has 1 N–H and O–H groups in total. The molecule has 27 heavy (non-hydrogen) atoms. The first-order chi connectivity index (χ1) is 12.9. The molecule has 0 unspecified atom stereocenters. The largest absolute Gasteiger partial charge is 0.424 e. The molecule has 0 aliphatic carbocycles. The average Bonchev–Trinajstić information content (AvgIpc) is 2.64. The van der Waals surface area contributed by atoms with Crippen LogP contribution in [0.5, 0.6) is 11.8 Å². The lowest BCUT2D eigenvalue weighted by Gasteiger charge is -2.10. The van der Waals surface area contributed by atoms with Gasteiger partial charge in [0.15, 0.2) is 0 Å². The molecule has 1 aromatic heterocycles. The third-order valence-electron chi connectivity index (χ3n) is 3.51. The van der Waals surface area contributed by atoms with Crippen molar-refractivity contribution in [2.45, 2.75) is 6.92 Å². The molecular weight excluding hydrogens is 386 g/mol. The minimum Gasteiger partial charge on any atom is -0.424 e. The molecular formula is C19H16ClN3O3S. The minimum absolute atomic E-state index is 0.219. The van der Waals surface area contributed by atoms with E-state index in [2.05, 4.69) is 14.7 Å². The third kappa shape index (κ3) is 5.54. The second-order valence-electron chi connectivity index (χ2n) is 5.61. The van der Waals surface area contributed by atoms with E-state index in [9.17, 15) is 8.42 Å². The molecule has 0 aliphatic heterocycles. The van der Waals surface area contributed by atoms with E-state index >= 15 is 0 Å². The standard InChI is InChI=1S/C19H16ClN3O3S/c1-14-13-17(26-19-21-10-2-11-22-19)7-8-18(14)23-27(24,25)12-9-15-3-5-16(20)6-4-15/h2-13,23H,1H3. The Morgan fingerprint density at radius 3 is 2.44 bits per heavy atom. The molecule has 3 aromatic rings. The van der Waals surface area contributed by atoms with Gasteiger partial charge in [0, 0.05) is 17.4 Å². The Labute approximate surface area is 162 Å². The lowest BCUT2D eigenvalue weighted by molar-refractivity contribution is 0.441. The molecule has 0 fully saturated rings. The van der Waals surface area contributed by atoms with E-state index in [0.717, 1.165) is 11.0 Å². The van der Waals surface area contributed by atoms with Gasteiger partial charge in [-0.15, -0.1) is 0 Å². The first-order valence-corrected chi connectivity index (χ1v) is 9.86. The van der Waals surface area contributed by atoms with E-state index in [-0.39, 0.29) is 6.01 Å². The Bertz CT molecular complexity index is 1050. The van der Waals surface area contributed by atoms with Crippen molar-refractivity contribution in [1.29, 1.82) is 0 Å². The van der Waals surface area contributed by atoms with Gasteiger partial charge in [-0.25, -0.2) is 18.4 Å². The summed E-state index contributed by atoms with van der Waals surface area (Å²) in [6.07, 6.45) is 4.65. The molecule has 0 saturated carbocycles. The number of halogens is 1. The lowest BCUT2D eigenvalue weighted by Crippen LogP contribution is -2.10. The molecule has 0 atom stereocenters. The number of anilines is 1. The van der Waals surface area contributed by atoms with E-state index in [1.807, 2.05) is 0 Å². The van der Waals surface area contributed by atoms with Gasteiger partial charge in [0.2, 0.25) is 0 Å². The van der Waals surface area contributed by atoms with Gasteiger partial charge in [-0.05, 0) is 60.5 Å². The van der Waals surface area contributed by atoms with E-state index < -0.39 is 10.0 Å². The molecule has 0 saturated heterocycles. The van der Waals surface area contributed by atoms with Gasteiger partial charge in [0.1, 0.15) is 5.75 Å². The summed E-state index contributed by atoms with van der Waals surface area (Å²) in [5.41, 5.74) is 1.89. The lowest BCUT2D eigenvalue weighted by atomic mass is 10.2. The van der Waals surface area contributed by atoms with Crippen molar-refractivity contribution in [2.24, 2.45) is 0 Å². The Kier molecular flexibility index (Phi) is 5.73. The number of ether oxygens (including phenoxy) is 1. The van der Waals surface area contributed by atoms with Crippen LogP contribution in [0.15, 0.2) is 66.3 Å². The van der Waals surface area contributed by atoms with E-state index in [1.165, 1.54) is 6.08 Å². The molecule has 0 radical (unpaired) electrons. The second kappa shape index (κ2) is 8.20. The number of benzene rings is 2. The van der Waals surface area contributed by atoms with Crippen LogP contribution in [0.3, 0.4) is 0 Å².